The third-order valence-corrected chi connectivity index (χ3v) is 6.30. The van der Waals surface area contributed by atoms with E-state index in [0.29, 0.717) is 38.1 Å². The Kier molecular flexibility index (Phi) is 10.8. The van der Waals surface area contributed by atoms with E-state index in [9.17, 15) is 19.2 Å². The SMILES string of the molecule is CC(=O)Nc1ccc2c(c1)CN(N(C(=O)OC(C)(C)C)C(C)CC(=O)N(CC=O)COCc1ccccc1)CC2. The van der Waals surface area contributed by atoms with E-state index in [4.69, 9.17) is 9.47 Å². The zero-order valence-electron chi connectivity index (χ0n) is 24.0. The monoisotopic (exact) mass is 552 g/mol. The van der Waals surface area contributed by atoms with E-state index >= 15 is 0 Å². The maximum atomic E-state index is 13.4. The summed E-state index contributed by atoms with van der Waals surface area (Å²) >= 11 is 0. The minimum Gasteiger partial charge on any atom is -0.443 e. The first-order valence-corrected chi connectivity index (χ1v) is 13.5. The highest BCUT2D eigenvalue weighted by Crippen LogP contribution is 2.26. The van der Waals surface area contributed by atoms with Crippen LogP contribution >= 0.6 is 0 Å². The van der Waals surface area contributed by atoms with Crippen molar-refractivity contribution in [2.75, 3.05) is 25.1 Å². The summed E-state index contributed by atoms with van der Waals surface area (Å²) in [7, 11) is 0. The molecule has 216 valence electrons. The van der Waals surface area contributed by atoms with Crippen LogP contribution in [0.15, 0.2) is 48.5 Å². The van der Waals surface area contributed by atoms with Crippen molar-refractivity contribution in [3.05, 3.63) is 65.2 Å². The molecule has 1 N–H and O–H groups in total. The summed E-state index contributed by atoms with van der Waals surface area (Å²) in [4.78, 5) is 50.9. The van der Waals surface area contributed by atoms with Crippen molar-refractivity contribution < 1.29 is 28.7 Å². The lowest BCUT2D eigenvalue weighted by Crippen LogP contribution is -2.55. The van der Waals surface area contributed by atoms with E-state index in [1.54, 1.807) is 27.7 Å². The highest BCUT2D eigenvalue weighted by molar-refractivity contribution is 5.88. The molecule has 0 saturated carbocycles. The predicted molar refractivity (Wildman–Crippen MR) is 151 cm³/mol. The Bertz CT molecular complexity index is 1180. The van der Waals surface area contributed by atoms with Crippen molar-refractivity contribution in [1.29, 1.82) is 0 Å². The molecule has 0 aromatic heterocycles. The molecule has 1 heterocycles. The van der Waals surface area contributed by atoms with Crippen LogP contribution in [0.3, 0.4) is 0 Å². The Morgan fingerprint density at radius 3 is 2.48 bits per heavy atom. The van der Waals surface area contributed by atoms with E-state index in [2.05, 4.69) is 5.32 Å². The van der Waals surface area contributed by atoms with Gasteiger partial charge in [0.15, 0.2) is 0 Å². The summed E-state index contributed by atoms with van der Waals surface area (Å²) < 4.78 is 11.4. The number of benzene rings is 2. The zero-order chi connectivity index (χ0) is 29.3. The van der Waals surface area contributed by atoms with Gasteiger partial charge in [-0.2, -0.15) is 0 Å². The molecule has 0 bridgehead atoms. The molecule has 1 aliphatic heterocycles. The van der Waals surface area contributed by atoms with Crippen molar-refractivity contribution in [2.24, 2.45) is 0 Å². The minimum atomic E-state index is -0.736. The van der Waals surface area contributed by atoms with Crippen molar-refractivity contribution >= 4 is 29.9 Å². The number of rotatable bonds is 11. The summed E-state index contributed by atoms with van der Waals surface area (Å²) in [5, 5.41) is 6.18. The molecule has 2 aromatic rings. The van der Waals surface area contributed by atoms with Gasteiger partial charge in [-0.05, 0) is 62.9 Å². The number of nitrogens with one attached hydrogen (secondary N) is 1. The average molecular weight is 553 g/mol. The second kappa shape index (κ2) is 14.0. The van der Waals surface area contributed by atoms with E-state index in [0.717, 1.165) is 16.7 Å². The van der Waals surface area contributed by atoms with Crippen molar-refractivity contribution in [1.82, 2.24) is 14.9 Å². The molecule has 0 aliphatic carbocycles. The summed E-state index contributed by atoms with van der Waals surface area (Å²) in [6.07, 6.45) is 0.752. The normalized spacial score (nSPS) is 14.0. The lowest BCUT2D eigenvalue weighted by molar-refractivity contribution is -0.142. The molecule has 2 aromatic carbocycles. The van der Waals surface area contributed by atoms with Gasteiger partial charge in [0.2, 0.25) is 11.8 Å². The number of aldehydes is 1. The Morgan fingerprint density at radius 1 is 1.10 bits per heavy atom. The second-order valence-electron chi connectivity index (χ2n) is 10.9. The highest BCUT2D eigenvalue weighted by Gasteiger charge is 2.34. The molecule has 10 heteroatoms. The fraction of sp³-hybridized carbons (Fsp3) is 0.467. The molecular formula is C30H40N4O6. The summed E-state index contributed by atoms with van der Waals surface area (Å²) in [5.41, 5.74) is 3.00. The standard InChI is InChI=1S/C30H40N4O6/c1-22(17-28(37)32(15-16-35)21-39-20-24-9-7-6-8-10-24)34(29(38)40-30(3,4)5)33-14-13-25-11-12-27(31-23(2)36)18-26(25)19-33/h6-12,16,18,22H,13-15,17,19-21H2,1-5H3,(H,31,36). The molecule has 10 nitrogen and oxygen atoms in total. The van der Waals surface area contributed by atoms with E-state index < -0.39 is 17.7 Å². The number of carbonyl (C=O) groups excluding carboxylic acids is 4. The Labute approximate surface area is 236 Å². The molecular weight excluding hydrogens is 512 g/mol. The molecule has 3 rings (SSSR count). The molecule has 1 atom stereocenters. The van der Waals surface area contributed by atoms with Crippen LogP contribution in [0.25, 0.3) is 0 Å². The molecule has 0 saturated heterocycles. The minimum absolute atomic E-state index is 0.0307. The summed E-state index contributed by atoms with van der Waals surface area (Å²) in [5.74, 6) is -0.477. The van der Waals surface area contributed by atoms with Crippen LogP contribution in [-0.2, 0) is 43.4 Å². The summed E-state index contributed by atoms with van der Waals surface area (Å²) in [6.45, 7) is 9.70. The maximum Gasteiger partial charge on any atom is 0.425 e. The van der Waals surface area contributed by atoms with Gasteiger partial charge >= 0.3 is 6.09 Å². The average Bonchev–Trinajstić information content (AvgIpc) is 2.87. The van der Waals surface area contributed by atoms with Crippen LogP contribution in [0, 0.1) is 0 Å². The smallest absolute Gasteiger partial charge is 0.425 e. The zero-order valence-corrected chi connectivity index (χ0v) is 24.0. The number of hydrogen-bond acceptors (Lipinski definition) is 7. The first-order valence-electron chi connectivity index (χ1n) is 13.5. The molecule has 0 fully saturated rings. The van der Waals surface area contributed by atoms with Crippen molar-refractivity contribution in [3.63, 3.8) is 0 Å². The van der Waals surface area contributed by atoms with Gasteiger partial charge in [0.25, 0.3) is 0 Å². The number of amides is 3. The maximum absolute atomic E-state index is 13.4. The number of fused-ring (bicyclic) bond motifs is 1. The number of anilines is 1. The Morgan fingerprint density at radius 2 is 1.82 bits per heavy atom. The van der Waals surface area contributed by atoms with E-state index in [1.807, 2.05) is 53.5 Å². The second-order valence-corrected chi connectivity index (χ2v) is 10.9. The quantitative estimate of drug-likeness (QED) is 0.330. The third-order valence-electron chi connectivity index (χ3n) is 6.30. The third kappa shape index (κ3) is 9.17. The van der Waals surface area contributed by atoms with Gasteiger partial charge in [-0.3, -0.25) is 9.59 Å². The first kappa shape index (κ1) is 30.8. The van der Waals surface area contributed by atoms with Crippen LogP contribution in [0.2, 0.25) is 0 Å². The molecule has 40 heavy (non-hydrogen) atoms. The fourth-order valence-corrected chi connectivity index (χ4v) is 4.52. The molecule has 1 aliphatic rings. The van der Waals surface area contributed by atoms with Gasteiger partial charge in [-0.25, -0.2) is 14.8 Å². The van der Waals surface area contributed by atoms with Gasteiger partial charge in [-0.1, -0.05) is 36.4 Å². The molecule has 1 unspecified atom stereocenters. The Balaban J connectivity index is 1.74. The highest BCUT2D eigenvalue weighted by atomic mass is 16.6. The van der Waals surface area contributed by atoms with Crippen LogP contribution in [0.1, 0.15) is 57.7 Å². The number of nitrogens with zero attached hydrogens (tertiary/aromatic N) is 3. The van der Waals surface area contributed by atoms with Gasteiger partial charge in [0.05, 0.1) is 19.2 Å². The largest absolute Gasteiger partial charge is 0.443 e. The molecule has 3 amide bonds. The number of ether oxygens (including phenoxy) is 2. The first-order chi connectivity index (χ1) is 19.0. The lowest BCUT2D eigenvalue weighted by Gasteiger charge is -2.42. The van der Waals surface area contributed by atoms with Crippen LogP contribution < -0.4 is 5.32 Å². The molecule has 0 spiro atoms. The molecule has 0 radical (unpaired) electrons. The van der Waals surface area contributed by atoms with Gasteiger partial charge in [0.1, 0.15) is 18.6 Å². The van der Waals surface area contributed by atoms with Crippen molar-refractivity contribution in [2.45, 2.75) is 72.3 Å². The topological polar surface area (TPSA) is 108 Å². The van der Waals surface area contributed by atoms with Crippen molar-refractivity contribution in [3.8, 4) is 0 Å². The number of hydrazine groups is 1. The lowest BCUT2D eigenvalue weighted by atomic mass is 9.99. The van der Waals surface area contributed by atoms with E-state index in [1.165, 1.54) is 16.8 Å². The Hall–Kier alpha value is -3.76. The van der Waals surface area contributed by atoms with Crippen LogP contribution in [0.5, 0.6) is 0 Å². The van der Waals surface area contributed by atoms with Crippen LogP contribution in [-0.4, -0.2) is 70.6 Å². The van der Waals surface area contributed by atoms with E-state index in [-0.39, 0.29) is 31.5 Å². The number of carbonyl (C=O) groups is 4. The van der Waals surface area contributed by atoms with Gasteiger partial charge < -0.3 is 24.5 Å². The number of hydrogen-bond donors (Lipinski definition) is 1. The van der Waals surface area contributed by atoms with Gasteiger partial charge in [-0.15, -0.1) is 0 Å². The van der Waals surface area contributed by atoms with Crippen LogP contribution in [0.4, 0.5) is 10.5 Å². The summed E-state index contributed by atoms with van der Waals surface area (Å²) in [6, 6.07) is 14.7. The van der Waals surface area contributed by atoms with Gasteiger partial charge in [0, 0.05) is 32.1 Å². The fourth-order valence-electron chi connectivity index (χ4n) is 4.52. The predicted octanol–water partition coefficient (Wildman–Crippen LogP) is 4.14.